The molecule has 3 rings (SSSR count). The summed E-state index contributed by atoms with van der Waals surface area (Å²) in [7, 11) is 0. The van der Waals surface area contributed by atoms with Crippen LogP contribution in [0.4, 0.5) is 5.69 Å². The van der Waals surface area contributed by atoms with Gasteiger partial charge in [-0.3, -0.25) is 30.0 Å². The second-order valence-electron chi connectivity index (χ2n) is 7.31. The van der Waals surface area contributed by atoms with E-state index >= 15 is 0 Å². The predicted octanol–water partition coefficient (Wildman–Crippen LogP) is 2.42. The summed E-state index contributed by atoms with van der Waals surface area (Å²) in [5.74, 6) is -2.64. The van der Waals surface area contributed by atoms with E-state index in [4.69, 9.17) is 4.74 Å². The molecule has 0 unspecified atom stereocenters. The van der Waals surface area contributed by atoms with E-state index in [1.54, 1.807) is 29.2 Å². The van der Waals surface area contributed by atoms with E-state index in [-0.39, 0.29) is 18.9 Å². The van der Waals surface area contributed by atoms with Crippen molar-refractivity contribution in [3.63, 3.8) is 0 Å². The number of ether oxygens (including phenoxy) is 1. The highest BCUT2D eigenvalue weighted by Crippen LogP contribution is 2.29. The summed E-state index contributed by atoms with van der Waals surface area (Å²) in [6.07, 6.45) is 0.0219. The van der Waals surface area contributed by atoms with E-state index in [0.717, 1.165) is 21.3 Å². The normalized spacial score (nSPS) is 15.5. The summed E-state index contributed by atoms with van der Waals surface area (Å²) < 4.78 is 5.86. The summed E-state index contributed by atoms with van der Waals surface area (Å²) in [6, 6.07) is 12.3. The van der Waals surface area contributed by atoms with Crippen LogP contribution in [0.15, 0.2) is 46.9 Å². The molecule has 1 fully saturated rings. The Morgan fingerprint density at radius 3 is 2.48 bits per heavy atom. The van der Waals surface area contributed by atoms with E-state index < -0.39 is 30.3 Å². The Morgan fingerprint density at radius 1 is 1.10 bits per heavy atom. The molecule has 2 aromatic rings. The second-order valence-corrected chi connectivity index (χ2v) is 8.23. The molecule has 1 aliphatic heterocycles. The number of rotatable bonds is 5. The van der Waals surface area contributed by atoms with Crippen molar-refractivity contribution < 1.29 is 23.9 Å². The van der Waals surface area contributed by atoms with Crippen molar-refractivity contribution in [2.75, 3.05) is 18.1 Å². The summed E-state index contributed by atoms with van der Waals surface area (Å²) in [6.45, 7) is 3.51. The molecule has 1 heterocycles. The fourth-order valence-electron chi connectivity index (χ4n) is 3.30. The first-order valence-electron chi connectivity index (χ1n) is 9.63. The number of halogens is 1. The molecule has 162 valence electrons. The van der Waals surface area contributed by atoms with Crippen LogP contribution in [0.25, 0.3) is 0 Å². The van der Waals surface area contributed by atoms with Crippen molar-refractivity contribution in [2.45, 2.75) is 20.3 Å². The van der Waals surface area contributed by atoms with Crippen molar-refractivity contribution in [1.29, 1.82) is 0 Å². The van der Waals surface area contributed by atoms with Gasteiger partial charge in [-0.15, -0.1) is 0 Å². The maximum atomic E-state index is 12.4. The van der Waals surface area contributed by atoms with E-state index in [2.05, 4.69) is 26.8 Å². The van der Waals surface area contributed by atoms with Gasteiger partial charge in [0.2, 0.25) is 5.91 Å². The molecule has 8 nitrogen and oxygen atoms in total. The molecule has 1 saturated heterocycles. The SMILES string of the molecule is Cc1ccc(N2C[C@H](C(=O)OCC(=O)NNC(=O)c3ccc(Br)cc3)CC2=O)c(C)c1. The molecular weight excluding hydrogens is 466 g/mol. The highest BCUT2D eigenvalue weighted by Gasteiger charge is 2.36. The van der Waals surface area contributed by atoms with Crippen LogP contribution < -0.4 is 15.8 Å². The van der Waals surface area contributed by atoms with Crippen LogP contribution in [0.2, 0.25) is 0 Å². The quantitative estimate of drug-likeness (QED) is 0.497. The first-order valence-corrected chi connectivity index (χ1v) is 10.4. The van der Waals surface area contributed by atoms with E-state index in [1.165, 1.54) is 0 Å². The molecule has 0 bridgehead atoms. The zero-order valence-corrected chi connectivity index (χ0v) is 18.7. The zero-order chi connectivity index (χ0) is 22.5. The Hall–Kier alpha value is -3.20. The Balaban J connectivity index is 1.47. The number of anilines is 1. The minimum atomic E-state index is -0.686. The zero-order valence-electron chi connectivity index (χ0n) is 17.1. The van der Waals surface area contributed by atoms with E-state index in [1.807, 2.05) is 32.0 Å². The van der Waals surface area contributed by atoms with E-state index in [0.29, 0.717) is 5.56 Å². The number of hydrogen-bond acceptors (Lipinski definition) is 5. The van der Waals surface area contributed by atoms with Crippen molar-refractivity contribution in [3.05, 3.63) is 63.6 Å². The van der Waals surface area contributed by atoms with Gasteiger partial charge in [-0.2, -0.15) is 0 Å². The number of carbonyl (C=O) groups is 4. The highest BCUT2D eigenvalue weighted by molar-refractivity contribution is 9.10. The van der Waals surface area contributed by atoms with Crippen molar-refractivity contribution in [3.8, 4) is 0 Å². The Bertz CT molecular complexity index is 1020. The van der Waals surface area contributed by atoms with Crippen molar-refractivity contribution >= 4 is 45.3 Å². The summed E-state index contributed by atoms with van der Waals surface area (Å²) in [5, 5.41) is 0. The topological polar surface area (TPSA) is 105 Å². The third-order valence-corrected chi connectivity index (χ3v) is 5.40. The number of aryl methyl sites for hydroxylation is 2. The first kappa shape index (κ1) is 22.5. The molecule has 2 N–H and O–H groups in total. The molecule has 2 aromatic carbocycles. The summed E-state index contributed by atoms with van der Waals surface area (Å²) in [5.41, 5.74) is 7.60. The van der Waals surface area contributed by atoms with Gasteiger partial charge in [-0.05, 0) is 49.7 Å². The third-order valence-electron chi connectivity index (χ3n) is 4.87. The Kier molecular flexibility index (Phi) is 7.06. The highest BCUT2D eigenvalue weighted by atomic mass is 79.9. The van der Waals surface area contributed by atoms with Crippen LogP contribution in [0, 0.1) is 19.8 Å². The fourth-order valence-corrected chi connectivity index (χ4v) is 3.56. The molecule has 31 heavy (non-hydrogen) atoms. The third kappa shape index (κ3) is 5.69. The molecule has 3 amide bonds. The number of hydrogen-bond donors (Lipinski definition) is 2. The Labute approximate surface area is 188 Å². The molecule has 9 heteroatoms. The molecule has 1 aliphatic rings. The monoisotopic (exact) mass is 487 g/mol. The lowest BCUT2D eigenvalue weighted by Gasteiger charge is -2.19. The second kappa shape index (κ2) is 9.74. The molecular formula is C22H22BrN3O5. The number of benzene rings is 2. The van der Waals surface area contributed by atoms with Crippen LogP contribution in [-0.4, -0.2) is 36.8 Å². The maximum Gasteiger partial charge on any atom is 0.311 e. The smallest absolute Gasteiger partial charge is 0.311 e. The van der Waals surface area contributed by atoms with Crippen LogP contribution in [0.5, 0.6) is 0 Å². The first-order chi connectivity index (χ1) is 14.7. The van der Waals surface area contributed by atoms with Gasteiger partial charge in [0.15, 0.2) is 6.61 Å². The lowest BCUT2D eigenvalue weighted by atomic mass is 10.1. The van der Waals surface area contributed by atoms with Gasteiger partial charge in [-0.1, -0.05) is 33.6 Å². The molecule has 0 spiro atoms. The Morgan fingerprint density at radius 2 is 1.81 bits per heavy atom. The summed E-state index contributed by atoms with van der Waals surface area (Å²) in [4.78, 5) is 50.1. The van der Waals surface area contributed by atoms with Gasteiger partial charge in [0.1, 0.15) is 0 Å². The van der Waals surface area contributed by atoms with Gasteiger partial charge in [0, 0.05) is 28.7 Å². The predicted molar refractivity (Wildman–Crippen MR) is 117 cm³/mol. The van der Waals surface area contributed by atoms with Crippen LogP contribution in [-0.2, 0) is 19.1 Å². The number of hydrazine groups is 1. The van der Waals surface area contributed by atoms with Crippen LogP contribution in [0.3, 0.4) is 0 Å². The lowest BCUT2D eigenvalue weighted by molar-refractivity contribution is -0.152. The van der Waals surface area contributed by atoms with Gasteiger partial charge < -0.3 is 9.64 Å². The lowest BCUT2D eigenvalue weighted by Crippen LogP contribution is -2.43. The standard InChI is InChI=1S/C22H22BrN3O5/c1-13-3-8-18(14(2)9-13)26-11-16(10-20(26)28)22(30)31-12-19(27)24-25-21(29)15-4-6-17(23)7-5-15/h3-9,16H,10-12H2,1-2H3,(H,24,27)(H,25,29)/t16-/m1/s1. The minimum absolute atomic E-state index is 0.0219. The largest absolute Gasteiger partial charge is 0.455 e. The number of nitrogens with zero attached hydrogens (tertiary/aromatic N) is 1. The van der Waals surface area contributed by atoms with E-state index in [9.17, 15) is 19.2 Å². The van der Waals surface area contributed by atoms with Crippen LogP contribution in [0.1, 0.15) is 27.9 Å². The molecule has 0 aromatic heterocycles. The molecule has 1 atom stereocenters. The van der Waals surface area contributed by atoms with Gasteiger partial charge >= 0.3 is 5.97 Å². The fraction of sp³-hybridized carbons (Fsp3) is 0.273. The van der Waals surface area contributed by atoms with Crippen LogP contribution >= 0.6 is 15.9 Å². The molecule has 0 saturated carbocycles. The van der Waals surface area contributed by atoms with Gasteiger partial charge in [0.25, 0.3) is 11.8 Å². The average Bonchev–Trinajstić information content (AvgIpc) is 3.12. The number of amides is 3. The number of nitrogens with one attached hydrogen (secondary N) is 2. The molecule has 0 radical (unpaired) electrons. The summed E-state index contributed by atoms with van der Waals surface area (Å²) >= 11 is 3.27. The molecule has 0 aliphatic carbocycles. The van der Waals surface area contributed by atoms with Gasteiger partial charge in [0.05, 0.1) is 5.92 Å². The number of esters is 1. The average molecular weight is 488 g/mol. The van der Waals surface area contributed by atoms with Crippen molar-refractivity contribution in [1.82, 2.24) is 10.9 Å². The maximum absolute atomic E-state index is 12.4. The minimum Gasteiger partial charge on any atom is -0.455 e. The van der Waals surface area contributed by atoms with Crippen molar-refractivity contribution in [2.24, 2.45) is 5.92 Å². The number of carbonyl (C=O) groups excluding carboxylic acids is 4. The van der Waals surface area contributed by atoms with Gasteiger partial charge in [-0.25, -0.2) is 0 Å².